The molecule has 0 unspecified atom stereocenters. The fourth-order valence-electron chi connectivity index (χ4n) is 1.90. The van der Waals surface area contributed by atoms with Gasteiger partial charge in [-0.2, -0.15) is 0 Å². The van der Waals surface area contributed by atoms with Gasteiger partial charge >= 0.3 is 0 Å². The Kier molecular flexibility index (Phi) is 2.49. The first-order valence-corrected chi connectivity index (χ1v) is 5.68. The van der Waals surface area contributed by atoms with Crippen LogP contribution in [0, 0.1) is 0 Å². The average molecular weight is 243 g/mol. The molecule has 0 radical (unpaired) electrons. The second kappa shape index (κ2) is 4.15. The number of nitrogens with one attached hydrogen (secondary N) is 1. The lowest BCUT2D eigenvalue weighted by Gasteiger charge is -1.99. The van der Waals surface area contributed by atoms with Crippen molar-refractivity contribution in [1.82, 2.24) is 19.8 Å². The van der Waals surface area contributed by atoms with Gasteiger partial charge in [0.05, 0.1) is 0 Å². The summed E-state index contributed by atoms with van der Waals surface area (Å²) in [6.45, 7) is 0.105. The highest BCUT2D eigenvalue weighted by Gasteiger charge is 2.10. The molecule has 0 aliphatic rings. The van der Waals surface area contributed by atoms with Crippen molar-refractivity contribution in [2.75, 3.05) is 12.3 Å². The van der Waals surface area contributed by atoms with Crippen LogP contribution in [-0.4, -0.2) is 31.5 Å². The maximum absolute atomic E-state index is 8.92. The number of rotatable bonds is 3. The highest BCUT2D eigenvalue weighted by Crippen LogP contribution is 2.19. The third kappa shape index (κ3) is 1.72. The van der Waals surface area contributed by atoms with Gasteiger partial charge in [-0.05, 0) is 24.3 Å². The number of aromatic nitrogens is 4. The molecule has 3 rings (SSSR count). The zero-order chi connectivity index (χ0) is 12.5. The van der Waals surface area contributed by atoms with Crippen LogP contribution >= 0.6 is 0 Å². The van der Waals surface area contributed by atoms with Gasteiger partial charge in [0.15, 0.2) is 11.5 Å². The number of aliphatic hydroxyl groups is 1. The van der Waals surface area contributed by atoms with Crippen LogP contribution in [0.25, 0.3) is 17.0 Å². The summed E-state index contributed by atoms with van der Waals surface area (Å²) in [5.41, 5.74) is 8.98. The fraction of sp³-hybridized carbons (Fsp3) is 0.167. The third-order valence-electron chi connectivity index (χ3n) is 2.80. The molecule has 3 aromatic rings. The molecule has 2 aromatic heterocycles. The number of nitrogens with zero attached hydrogens (tertiary/aromatic N) is 3. The molecule has 0 atom stereocenters. The zero-order valence-corrected chi connectivity index (χ0v) is 9.67. The normalized spacial score (nSPS) is 11.2. The van der Waals surface area contributed by atoms with Crippen molar-refractivity contribution in [3.63, 3.8) is 0 Å². The van der Waals surface area contributed by atoms with Gasteiger partial charge in [0.1, 0.15) is 0 Å². The Hall–Kier alpha value is -2.34. The molecule has 2 heterocycles. The number of aliphatic hydroxyl groups excluding tert-OH is 1. The molecule has 0 spiro atoms. The molecule has 0 aliphatic carbocycles. The van der Waals surface area contributed by atoms with E-state index in [-0.39, 0.29) is 6.61 Å². The lowest BCUT2D eigenvalue weighted by atomic mass is 10.2. The molecular weight excluding hydrogens is 230 g/mol. The molecule has 92 valence electrons. The van der Waals surface area contributed by atoms with Crippen molar-refractivity contribution in [3.8, 4) is 11.4 Å². The number of hydrogen-bond acceptors (Lipinski definition) is 4. The highest BCUT2D eigenvalue weighted by atomic mass is 16.3. The van der Waals surface area contributed by atoms with Gasteiger partial charge in [0.2, 0.25) is 0 Å². The molecule has 0 amide bonds. The number of aromatic amines is 1. The molecule has 4 N–H and O–H groups in total. The third-order valence-corrected chi connectivity index (χ3v) is 2.80. The second-order valence-electron chi connectivity index (χ2n) is 4.09. The molecule has 0 bridgehead atoms. The van der Waals surface area contributed by atoms with Crippen LogP contribution in [0.4, 0.5) is 5.69 Å². The van der Waals surface area contributed by atoms with Crippen molar-refractivity contribution >= 4 is 11.3 Å². The monoisotopic (exact) mass is 243 g/mol. The predicted octanol–water partition coefficient (Wildman–Crippen LogP) is 0.841. The van der Waals surface area contributed by atoms with E-state index in [2.05, 4.69) is 15.3 Å². The number of benzene rings is 1. The Bertz CT molecular complexity index is 667. The first-order chi connectivity index (χ1) is 8.78. The number of anilines is 1. The first-order valence-electron chi connectivity index (χ1n) is 5.68. The van der Waals surface area contributed by atoms with Crippen LogP contribution in [0.1, 0.15) is 5.69 Å². The van der Waals surface area contributed by atoms with Crippen molar-refractivity contribution in [2.24, 2.45) is 0 Å². The summed E-state index contributed by atoms with van der Waals surface area (Å²) in [6, 6.07) is 9.34. The van der Waals surface area contributed by atoms with E-state index in [1.54, 1.807) is 4.52 Å². The second-order valence-corrected chi connectivity index (χ2v) is 4.09. The molecule has 0 fully saturated rings. The average Bonchev–Trinajstić information content (AvgIpc) is 2.90. The lowest BCUT2D eigenvalue weighted by Crippen LogP contribution is -1.95. The molecule has 0 saturated carbocycles. The van der Waals surface area contributed by atoms with Crippen LogP contribution in [0.2, 0.25) is 0 Å². The van der Waals surface area contributed by atoms with E-state index < -0.39 is 0 Å². The van der Waals surface area contributed by atoms with Gasteiger partial charge in [0.25, 0.3) is 0 Å². The summed E-state index contributed by atoms with van der Waals surface area (Å²) in [4.78, 5) is 0. The minimum Gasteiger partial charge on any atom is -0.399 e. The predicted molar refractivity (Wildman–Crippen MR) is 68.0 cm³/mol. The van der Waals surface area contributed by atoms with Crippen molar-refractivity contribution in [1.29, 1.82) is 0 Å². The molecule has 18 heavy (non-hydrogen) atoms. The maximum atomic E-state index is 8.92. The lowest BCUT2D eigenvalue weighted by molar-refractivity contribution is 0.298. The minimum absolute atomic E-state index is 0.105. The molecular formula is C12H13N5O. The van der Waals surface area contributed by atoms with Gasteiger partial charge in [-0.25, -0.2) is 4.52 Å². The van der Waals surface area contributed by atoms with Crippen LogP contribution in [0.3, 0.4) is 0 Å². The maximum Gasteiger partial charge on any atom is 0.183 e. The molecule has 6 heteroatoms. The number of hydrogen-bond donors (Lipinski definition) is 3. The topological polar surface area (TPSA) is 92.2 Å². The van der Waals surface area contributed by atoms with Gasteiger partial charge in [-0.1, -0.05) is 0 Å². The van der Waals surface area contributed by atoms with Crippen LogP contribution in [-0.2, 0) is 6.42 Å². The number of H-pyrrole nitrogens is 1. The van der Waals surface area contributed by atoms with E-state index in [1.807, 2.05) is 30.3 Å². The van der Waals surface area contributed by atoms with Gasteiger partial charge in [-0.15, -0.1) is 10.2 Å². The number of nitrogens with two attached hydrogens (primary N) is 1. The van der Waals surface area contributed by atoms with Crippen molar-refractivity contribution in [2.45, 2.75) is 6.42 Å². The van der Waals surface area contributed by atoms with Gasteiger partial charge < -0.3 is 10.8 Å². The van der Waals surface area contributed by atoms with Crippen LogP contribution in [0.15, 0.2) is 30.3 Å². The van der Waals surface area contributed by atoms with E-state index in [4.69, 9.17) is 10.8 Å². The SMILES string of the molecule is Nc1ccc(-c2nnc3cc(CCO)[nH]n23)cc1. The molecule has 0 saturated heterocycles. The molecule has 1 aromatic carbocycles. The first kappa shape index (κ1) is 10.8. The standard InChI is InChI=1S/C12H13N5O/c13-9-3-1-8(2-4-9)12-15-14-11-7-10(5-6-18)16-17(11)12/h1-4,7,16,18H,5-6,13H2. The van der Waals surface area contributed by atoms with Crippen molar-refractivity contribution in [3.05, 3.63) is 36.0 Å². The summed E-state index contributed by atoms with van der Waals surface area (Å²) in [7, 11) is 0. The van der Waals surface area contributed by atoms with Gasteiger partial charge in [-0.3, -0.25) is 5.10 Å². The summed E-state index contributed by atoms with van der Waals surface area (Å²) in [5, 5.41) is 20.3. The smallest absolute Gasteiger partial charge is 0.183 e. The molecule has 0 aliphatic heterocycles. The highest BCUT2D eigenvalue weighted by molar-refractivity contribution is 5.61. The Balaban J connectivity index is 2.08. The quantitative estimate of drug-likeness (QED) is 0.594. The zero-order valence-electron chi connectivity index (χ0n) is 9.67. The Morgan fingerprint density at radius 3 is 2.72 bits per heavy atom. The summed E-state index contributed by atoms with van der Waals surface area (Å²) in [6.07, 6.45) is 0.574. The van der Waals surface area contributed by atoms with E-state index in [0.29, 0.717) is 12.1 Å². The Morgan fingerprint density at radius 2 is 2.00 bits per heavy atom. The van der Waals surface area contributed by atoms with E-state index in [9.17, 15) is 0 Å². The van der Waals surface area contributed by atoms with E-state index in [0.717, 1.165) is 22.7 Å². The minimum atomic E-state index is 0.105. The van der Waals surface area contributed by atoms with E-state index >= 15 is 0 Å². The Labute approximate surface area is 103 Å². The summed E-state index contributed by atoms with van der Waals surface area (Å²) in [5.74, 6) is 0.731. The summed E-state index contributed by atoms with van der Waals surface area (Å²) >= 11 is 0. The van der Waals surface area contributed by atoms with Gasteiger partial charge in [0, 0.05) is 36.0 Å². The Morgan fingerprint density at radius 1 is 1.22 bits per heavy atom. The van der Waals surface area contributed by atoms with Crippen molar-refractivity contribution < 1.29 is 5.11 Å². The largest absolute Gasteiger partial charge is 0.399 e. The van der Waals surface area contributed by atoms with Crippen LogP contribution in [0.5, 0.6) is 0 Å². The molecule has 6 nitrogen and oxygen atoms in total. The number of nitrogen functional groups attached to an aromatic ring is 1. The summed E-state index contributed by atoms with van der Waals surface area (Å²) < 4.78 is 1.80. The van der Waals surface area contributed by atoms with E-state index in [1.165, 1.54) is 0 Å². The number of fused-ring (bicyclic) bond motifs is 1. The van der Waals surface area contributed by atoms with Crippen LogP contribution < -0.4 is 5.73 Å². The fourth-order valence-corrected chi connectivity index (χ4v) is 1.90.